The van der Waals surface area contributed by atoms with Crippen molar-refractivity contribution in [1.29, 1.82) is 0 Å². The minimum atomic E-state index is 0.0347. The molecule has 0 aromatic carbocycles. The van der Waals surface area contributed by atoms with Gasteiger partial charge in [-0.25, -0.2) is 0 Å². The molecule has 4 heteroatoms. The van der Waals surface area contributed by atoms with Crippen molar-refractivity contribution in [2.24, 2.45) is 0 Å². The fraction of sp³-hybridized carbons (Fsp3) is 0.567. The second kappa shape index (κ2) is 25.3. The van der Waals surface area contributed by atoms with E-state index in [4.69, 9.17) is 0 Å². The molecule has 1 aliphatic rings. The van der Waals surface area contributed by atoms with Gasteiger partial charge < -0.3 is 10.6 Å². The molecule has 0 saturated heterocycles. The maximum Gasteiger partial charge on any atom is 0.238 e. The predicted octanol–water partition coefficient (Wildman–Crippen LogP) is 8.05. The molecule has 1 aliphatic heterocycles. The second-order valence-electron chi connectivity index (χ2n) is 6.97. The van der Waals surface area contributed by atoms with Crippen LogP contribution in [0, 0.1) is 0 Å². The number of hydrogen-bond donors (Lipinski definition) is 2. The first kappa shape index (κ1) is 36.2. The number of rotatable bonds is 13. The lowest BCUT2D eigenvalue weighted by Crippen LogP contribution is -2.37. The Morgan fingerprint density at radius 2 is 1.53 bits per heavy atom. The van der Waals surface area contributed by atoms with Crippen molar-refractivity contribution in [2.45, 2.75) is 95.4 Å². The Balaban J connectivity index is -0.00000148. The van der Waals surface area contributed by atoms with E-state index in [2.05, 4.69) is 61.1 Å². The van der Waals surface area contributed by atoms with Crippen molar-refractivity contribution in [3.8, 4) is 0 Å². The summed E-state index contributed by atoms with van der Waals surface area (Å²) in [5, 5.41) is 6.19. The molecule has 0 fully saturated rings. The smallest absolute Gasteiger partial charge is 0.238 e. The summed E-state index contributed by atoms with van der Waals surface area (Å²) in [5.41, 5.74) is 5.20. The molecule has 0 aromatic rings. The van der Waals surface area contributed by atoms with Crippen LogP contribution in [0.25, 0.3) is 0 Å². The van der Waals surface area contributed by atoms with E-state index in [1.54, 1.807) is 0 Å². The molecule has 1 amide bonds. The standard InChI is InChI=1S/C24H37N3O.3C2H6/c1-7-12-20(10-4)22(16-21(11-5)23-17-25-23)15-19(6)26-24(28)18-27(13-8-2)14-9-3;3*1-2/h10-12,15-17,25H,4,7-9,13-14,18H2,1-3,5-6H3,(H,26,28);3*1-2H3/b19-15+,20-12+,21-11+,22-16-;;;. The van der Waals surface area contributed by atoms with Gasteiger partial charge in [0.2, 0.25) is 5.91 Å². The minimum absolute atomic E-state index is 0.0347. The van der Waals surface area contributed by atoms with Gasteiger partial charge in [0.05, 0.1) is 12.2 Å². The molecule has 1 heterocycles. The van der Waals surface area contributed by atoms with Crippen molar-refractivity contribution in [2.75, 3.05) is 19.6 Å². The van der Waals surface area contributed by atoms with Crippen LogP contribution in [0.5, 0.6) is 0 Å². The first-order valence-corrected chi connectivity index (χ1v) is 13.4. The lowest BCUT2D eigenvalue weighted by atomic mass is 10.00. The number of carbonyl (C=O) groups excluding carboxylic acids is 1. The highest BCUT2D eigenvalue weighted by atomic mass is 16.2. The molecular weight excluding hydrogens is 418 g/mol. The number of nitrogens with one attached hydrogen (secondary N) is 2. The van der Waals surface area contributed by atoms with Crippen molar-refractivity contribution in [3.63, 3.8) is 0 Å². The topological polar surface area (TPSA) is 54.3 Å². The largest absolute Gasteiger partial charge is 0.358 e. The number of nitrogens with zero attached hydrogens (tertiary/aromatic N) is 1. The summed E-state index contributed by atoms with van der Waals surface area (Å²) in [6.45, 7) is 28.6. The van der Waals surface area contributed by atoms with Gasteiger partial charge in [0, 0.05) is 11.9 Å². The van der Waals surface area contributed by atoms with Crippen molar-refractivity contribution in [3.05, 3.63) is 71.3 Å². The highest BCUT2D eigenvalue weighted by Gasteiger charge is 2.12. The normalized spacial score (nSPS) is 13.1. The summed E-state index contributed by atoms with van der Waals surface area (Å²) >= 11 is 0. The molecule has 4 nitrogen and oxygen atoms in total. The third-order valence-electron chi connectivity index (χ3n) is 4.35. The maximum atomic E-state index is 12.5. The average molecular weight is 474 g/mol. The first-order valence-electron chi connectivity index (χ1n) is 13.4. The van der Waals surface area contributed by atoms with Crippen LogP contribution in [0.3, 0.4) is 0 Å². The van der Waals surface area contributed by atoms with Gasteiger partial charge in [-0.1, -0.05) is 87.1 Å². The molecule has 0 radical (unpaired) electrons. The summed E-state index contributed by atoms with van der Waals surface area (Å²) in [6, 6.07) is 0. The summed E-state index contributed by atoms with van der Waals surface area (Å²) in [4.78, 5) is 14.7. The number of amides is 1. The van der Waals surface area contributed by atoms with Crippen LogP contribution >= 0.6 is 0 Å². The molecule has 196 valence electrons. The summed E-state index contributed by atoms with van der Waals surface area (Å²) in [5.74, 6) is 0.0347. The Morgan fingerprint density at radius 1 is 1.00 bits per heavy atom. The average Bonchev–Trinajstić information content (AvgIpc) is 3.69. The van der Waals surface area contributed by atoms with Gasteiger partial charge in [0.15, 0.2) is 0 Å². The SMILES string of the molecule is C=CC(=C\CC)/C(=C\C(=C/C)C1=CN1)/C=C(\C)NC(=O)CN(CCC)CCC.CC.CC.CC. The number of hydrogen-bond acceptors (Lipinski definition) is 3. The van der Waals surface area contributed by atoms with E-state index < -0.39 is 0 Å². The zero-order valence-corrected chi connectivity index (χ0v) is 24.3. The maximum absolute atomic E-state index is 12.5. The summed E-state index contributed by atoms with van der Waals surface area (Å²) in [7, 11) is 0. The van der Waals surface area contributed by atoms with Crippen LogP contribution in [0.4, 0.5) is 0 Å². The van der Waals surface area contributed by atoms with Crippen molar-refractivity contribution >= 4 is 5.91 Å². The summed E-state index contributed by atoms with van der Waals surface area (Å²) < 4.78 is 0. The van der Waals surface area contributed by atoms with Gasteiger partial charge in [-0.15, -0.1) is 0 Å². The van der Waals surface area contributed by atoms with Crippen LogP contribution in [0.2, 0.25) is 0 Å². The molecular formula is C30H55N3O. The number of allylic oxidation sites excluding steroid dienone is 8. The third-order valence-corrected chi connectivity index (χ3v) is 4.35. The van der Waals surface area contributed by atoms with Gasteiger partial charge in [-0.3, -0.25) is 9.69 Å². The minimum Gasteiger partial charge on any atom is -0.358 e. The van der Waals surface area contributed by atoms with Gasteiger partial charge in [-0.05, 0) is 75.1 Å². The Morgan fingerprint density at radius 3 is 1.91 bits per heavy atom. The van der Waals surface area contributed by atoms with E-state index in [-0.39, 0.29) is 5.91 Å². The molecule has 0 unspecified atom stereocenters. The molecule has 0 aliphatic carbocycles. The van der Waals surface area contributed by atoms with Gasteiger partial charge in [-0.2, -0.15) is 0 Å². The van der Waals surface area contributed by atoms with E-state index in [1.807, 2.05) is 73.7 Å². The first-order chi connectivity index (χ1) is 16.5. The quantitative estimate of drug-likeness (QED) is 0.266. The zero-order chi connectivity index (χ0) is 26.9. The molecule has 0 spiro atoms. The van der Waals surface area contributed by atoms with E-state index in [1.165, 1.54) is 0 Å². The lowest BCUT2D eigenvalue weighted by Gasteiger charge is -2.20. The van der Waals surface area contributed by atoms with E-state index in [0.717, 1.165) is 60.5 Å². The van der Waals surface area contributed by atoms with Crippen LogP contribution in [-0.2, 0) is 4.79 Å². The third kappa shape index (κ3) is 17.2. The van der Waals surface area contributed by atoms with Crippen LogP contribution in [0.15, 0.2) is 71.3 Å². The fourth-order valence-electron chi connectivity index (χ4n) is 3.07. The lowest BCUT2D eigenvalue weighted by molar-refractivity contribution is -0.121. The second-order valence-corrected chi connectivity index (χ2v) is 6.97. The van der Waals surface area contributed by atoms with Crippen LogP contribution < -0.4 is 10.6 Å². The molecule has 0 atom stereocenters. The van der Waals surface area contributed by atoms with Crippen molar-refractivity contribution < 1.29 is 4.79 Å². The van der Waals surface area contributed by atoms with E-state index in [9.17, 15) is 4.79 Å². The Bertz CT molecular complexity index is 688. The predicted molar refractivity (Wildman–Crippen MR) is 155 cm³/mol. The Hall–Kier alpha value is -2.33. The van der Waals surface area contributed by atoms with Gasteiger partial charge >= 0.3 is 0 Å². The Labute approximate surface area is 212 Å². The number of carbonyl (C=O) groups is 1. The monoisotopic (exact) mass is 473 g/mol. The van der Waals surface area contributed by atoms with Crippen LogP contribution in [-0.4, -0.2) is 30.4 Å². The molecule has 2 N–H and O–H groups in total. The van der Waals surface area contributed by atoms with Crippen LogP contribution in [0.1, 0.15) is 95.4 Å². The van der Waals surface area contributed by atoms with Crippen molar-refractivity contribution in [1.82, 2.24) is 15.5 Å². The zero-order valence-electron chi connectivity index (χ0n) is 24.3. The Kier molecular flexibility index (Phi) is 27.0. The highest BCUT2D eigenvalue weighted by Crippen LogP contribution is 2.23. The van der Waals surface area contributed by atoms with Gasteiger partial charge in [0.1, 0.15) is 0 Å². The molecule has 0 bridgehead atoms. The highest BCUT2D eigenvalue weighted by molar-refractivity contribution is 5.80. The molecule has 0 saturated carbocycles. The molecule has 1 rings (SSSR count). The van der Waals surface area contributed by atoms with Gasteiger partial charge in [0.25, 0.3) is 0 Å². The molecule has 0 aromatic heterocycles. The fourth-order valence-corrected chi connectivity index (χ4v) is 3.07. The molecule has 34 heavy (non-hydrogen) atoms. The summed E-state index contributed by atoms with van der Waals surface area (Å²) in [6.07, 6.45) is 15.3. The van der Waals surface area contributed by atoms with E-state index in [0.29, 0.717) is 6.54 Å². The van der Waals surface area contributed by atoms with E-state index >= 15 is 0 Å².